The van der Waals surface area contributed by atoms with Gasteiger partial charge in [-0.25, -0.2) is 0 Å². The number of amides is 3. The Labute approximate surface area is 356 Å². The van der Waals surface area contributed by atoms with E-state index in [-0.39, 0.29) is 70.0 Å². The van der Waals surface area contributed by atoms with Crippen LogP contribution in [0.2, 0.25) is 0 Å². The van der Waals surface area contributed by atoms with E-state index in [4.69, 9.17) is 56.8 Å². The zero-order valence-electron chi connectivity index (χ0n) is 37.9. The molecule has 0 aromatic carbocycles. The minimum absolute atomic E-state index is 0.130. The molecule has 0 radical (unpaired) electrons. The Balaban J connectivity index is -0.00000758. The number of carbonyl (C=O) groups excluding carboxylic acids is 3. The van der Waals surface area contributed by atoms with Gasteiger partial charge in [0, 0.05) is 58.7 Å². The number of hydrogen-bond acceptors (Lipinski definition) is 15. The third-order valence-corrected chi connectivity index (χ3v) is 6.93. The van der Waals surface area contributed by atoms with E-state index in [0.29, 0.717) is 132 Å². The van der Waals surface area contributed by atoms with Gasteiger partial charge in [0.05, 0.1) is 132 Å². The normalized spacial score (nSPS) is 11.2. The van der Waals surface area contributed by atoms with E-state index in [1.54, 1.807) is 0 Å². The molecule has 0 aromatic heterocycles. The number of nitrogens with one attached hydrogen (secondary N) is 3. The number of rotatable bonds is 45. The average molecular weight is 860 g/mol. The van der Waals surface area contributed by atoms with Crippen LogP contribution in [0, 0.1) is 0 Å². The molecular formula is C41H85N3O15. The van der Waals surface area contributed by atoms with Crippen LogP contribution in [-0.2, 0) is 71.2 Å². The Morgan fingerprint density at radius 2 is 0.644 bits per heavy atom. The summed E-state index contributed by atoms with van der Waals surface area (Å²) in [6.07, 6.45) is 0.910. The van der Waals surface area contributed by atoms with Crippen LogP contribution in [0.5, 0.6) is 0 Å². The van der Waals surface area contributed by atoms with Crippen molar-refractivity contribution < 1.29 is 71.2 Å². The predicted octanol–water partition coefficient (Wildman–Crippen LogP) is 2.58. The van der Waals surface area contributed by atoms with Crippen LogP contribution < -0.4 is 16.0 Å². The van der Waals surface area contributed by atoms with Gasteiger partial charge in [-0.3, -0.25) is 14.4 Å². The third-order valence-electron chi connectivity index (χ3n) is 6.93. The number of hydrogen-bond donors (Lipinski definition) is 3. The number of ether oxygens (including phenoxy) is 12. The predicted molar refractivity (Wildman–Crippen MR) is 226 cm³/mol. The van der Waals surface area contributed by atoms with Gasteiger partial charge in [-0.05, 0) is 20.3 Å². The molecule has 0 aliphatic rings. The first-order valence-electron chi connectivity index (χ1n) is 21.8. The Bertz CT molecular complexity index is 850. The molecule has 18 heteroatoms. The summed E-state index contributed by atoms with van der Waals surface area (Å²) < 4.78 is 65.6. The van der Waals surface area contributed by atoms with Gasteiger partial charge in [0.1, 0.15) is 6.10 Å². The second kappa shape index (κ2) is 55.9. The molecule has 1 atom stereocenters. The van der Waals surface area contributed by atoms with E-state index >= 15 is 0 Å². The molecule has 59 heavy (non-hydrogen) atoms. The lowest BCUT2D eigenvalue weighted by atomic mass is 10.3. The van der Waals surface area contributed by atoms with Crippen LogP contribution in [0.4, 0.5) is 0 Å². The van der Waals surface area contributed by atoms with Gasteiger partial charge in [0.15, 0.2) is 0 Å². The highest BCUT2D eigenvalue weighted by Gasteiger charge is 2.13. The lowest BCUT2D eigenvalue weighted by Crippen LogP contribution is -2.32. The van der Waals surface area contributed by atoms with Crippen LogP contribution in [0.15, 0.2) is 0 Å². The van der Waals surface area contributed by atoms with Crippen LogP contribution in [-0.4, -0.2) is 195 Å². The Kier molecular flexibility index (Phi) is 58.0. The molecule has 0 saturated heterocycles. The molecule has 0 spiro atoms. The summed E-state index contributed by atoms with van der Waals surface area (Å²) in [5.74, 6) is -0.520. The molecule has 0 aliphatic heterocycles. The van der Waals surface area contributed by atoms with Crippen LogP contribution in [0.1, 0.15) is 74.1 Å². The molecule has 0 saturated carbocycles. The first-order valence-corrected chi connectivity index (χ1v) is 21.8. The highest BCUT2D eigenvalue weighted by Crippen LogP contribution is 2.00. The Morgan fingerprint density at radius 3 is 0.966 bits per heavy atom. The van der Waals surface area contributed by atoms with Gasteiger partial charge in [0.2, 0.25) is 17.7 Å². The van der Waals surface area contributed by atoms with Gasteiger partial charge in [-0.15, -0.1) is 0 Å². The van der Waals surface area contributed by atoms with E-state index in [2.05, 4.69) is 22.9 Å². The summed E-state index contributed by atoms with van der Waals surface area (Å²) in [6, 6.07) is 0. The van der Waals surface area contributed by atoms with Gasteiger partial charge in [0.25, 0.3) is 0 Å². The molecule has 0 bridgehead atoms. The fourth-order valence-electron chi connectivity index (χ4n) is 4.13. The molecule has 18 nitrogen and oxygen atoms in total. The SMILES string of the molecule is CC.CC.CCCOCCOCCOCCNC(=O)CCOCC(COCCC(=O)NCCOCCOCCOCC)OCCC(=O)NCCOCCOCCOCC. The van der Waals surface area contributed by atoms with Crippen molar-refractivity contribution in [1.82, 2.24) is 16.0 Å². The van der Waals surface area contributed by atoms with Gasteiger partial charge in [-0.2, -0.15) is 0 Å². The monoisotopic (exact) mass is 860 g/mol. The molecule has 0 heterocycles. The highest BCUT2D eigenvalue weighted by atomic mass is 16.6. The molecule has 0 fully saturated rings. The lowest BCUT2D eigenvalue weighted by Gasteiger charge is -2.18. The summed E-state index contributed by atoms with van der Waals surface area (Å²) in [4.78, 5) is 36.7. The zero-order chi connectivity index (χ0) is 44.1. The molecule has 0 rings (SSSR count). The van der Waals surface area contributed by atoms with Crippen molar-refractivity contribution in [3.05, 3.63) is 0 Å². The highest BCUT2D eigenvalue weighted by molar-refractivity contribution is 5.76. The van der Waals surface area contributed by atoms with Crippen molar-refractivity contribution in [2.24, 2.45) is 0 Å². The van der Waals surface area contributed by atoms with E-state index in [0.717, 1.165) is 13.0 Å². The zero-order valence-corrected chi connectivity index (χ0v) is 37.9. The average Bonchev–Trinajstić information content (AvgIpc) is 3.25. The number of carbonyl (C=O) groups is 3. The quantitative estimate of drug-likeness (QED) is 0.0755. The third kappa shape index (κ3) is 53.9. The van der Waals surface area contributed by atoms with Crippen LogP contribution in [0.25, 0.3) is 0 Å². The van der Waals surface area contributed by atoms with Crippen molar-refractivity contribution in [2.75, 3.05) is 172 Å². The van der Waals surface area contributed by atoms with Crippen molar-refractivity contribution in [3.63, 3.8) is 0 Å². The van der Waals surface area contributed by atoms with Crippen molar-refractivity contribution >= 4 is 17.7 Å². The van der Waals surface area contributed by atoms with Crippen molar-refractivity contribution in [2.45, 2.75) is 80.3 Å². The van der Waals surface area contributed by atoms with Gasteiger partial charge >= 0.3 is 0 Å². The summed E-state index contributed by atoms with van der Waals surface area (Å²) in [7, 11) is 0. The van der Waals surface area contributed by atoms with Crippen LogP contribution >= 0.6 is 0 Å². The smallest absolute Gasteiger partial charge is 0.222 e. The maximum absolute atomic E-state index is 12.3. The van der Waals surface area contributed by atoms with Crippen LogP contribution in [0.3, 0.4) is 0 Å². The lowest BCUT2D eigenvalue weighted by molar-refractivity contribution is -0.126. The van der Waals surface area contributed by atoms with E-state index < -0.39 is 6.10 Å². The Hall–Kier alpha value is -2.07. The molecule has 3 amide bonds. The molecule has 0 aromatic rings. The first-order chi connectivity index (χ1) is 29.0. The molecule has 0 aliphatic carbocycles. The largest absolute Gasteiger partial charge is 0.379 e. The summed E-state index contributed by atoms with van der Waals surface area (Å²) in [5.41, 5.74) is 0. The standard InChI is InChI=1S/C37H73N3O15.2C2H6/c1-4-13-46-24-28-52-31-27-48-18-11-39-36(42)8-15-54-33-34(55-16-9-37(43)40-12-19-49-26-30-51-23-21-45-6-3)32-53-14-7-35(41)38-10-17-47-25-29-50-22-20-44-5-2;2*1-2/h34H,4-33H2,1-3H3,(H,38,41)(H,39,42)(H,40,43);2*1-2H3. The topological polar surface area (TPSA) is 198 Å². The second-order valence-corrected chi connectivity index (χ2v) is 11.6. The van der Waals surface area contributed by atoms with E-state index in [1.165, 1.54) is 0 Å². The van der Waals surface area contributed by atoms with Gasteiger partial charge in [-0.1, -0.05) is 34.6 Å². The molecule has 354 valence electrons. The Morgan fingerprint density at radius 1 is 0.356 bits per heavy atom. The molecule has 3 N–H and O–H groups in total. The maximum atomic E-state index is 12.3. The van der Waals surface area contributed by atoms with Crippen molar-refractivity contribution in [3.8, 4) is 0 Å². The van der Waals surface area contributed by atoms with E-state index in [1.807, 2.05) is 41.5 Å². The minimum Gasteiger partial charge on any atom is -0.379 e. The van der Waals surface area contributed by atoms with Crippen molar-refractivity contribution in [1.29, 1.82) is 0 Å². The fraction of sp³-hybridized carbons (Fsp3) is 0.927. The molecule has 1 unspecified atom stereocenters. The summed E-state index contributed by atoms with van der Waals surface area (Å²) in [6.45, 7) is 24.8. The summed E-state index contributed by atoms with van der Waals surface area (Å²) in [5, 5.41) is 8.37. The summed E-state index contributed by atoms with van der Waals surface area (Å²) >= 11 is 0. The first kappa shape index (κ1) is 61.2. The fourth-order valence-corrected chi connectivity index (χ4v) is 4.13. The molecular weight excluding hydrogens is 774 g/mol. The maximum Gasteiger partial charge on any atom is 0.222 e. The van der Waals surface area contributed by atoms with E-state index in [9.17, 15) is 14.4 Å². The van der Waals surface area contributed by atoms with Gasteiger partial charge < -0.3 is 72.8 Å². The minimum atomic E-state index is -0.511. The second-order valence-electron chi connectivity index (χ2n) is 11.6.